The molecule has 1 saturated heterocycles. The zero-order chi connectivity index (χ0) is 20.6. The molecular formula is C23H36N6. The number of likely N-dealkylation sites (tertiary alicyclic amines) is 1. The first-order chi connectivity index (χ1) is 13.8. The fraction of sp³-hybridized carbons (Fsp3) is 0.696. The van der Waals surface area contributed by atoms with Crippen LogP contribution in [0.2, 0.25) is 0 Å². The Morgan fingerprint density at radius 1 is 1.14 bits per heavy atom. The predicted molar refractivity (Wildman–Crippen MR) is 118 cm³/mol. The molecule has 0 radical (unpaired) electrons. The third kappa shape index (κ3) is 4.63. The summed E-state index contributed by atoms with van der Waals surface area (Å²) in [5.74, 6) is 3.36. The number of hydrogen-bond acceptors (Lipinski definition) is 5. The van der Waals surface area contributed by atoms with Gasteiger partial charge in [-0.25, -0.2) is 0 Å². The van der Waals surface area contributed by atoms with E-state index < -0.39 is 0 Å². The highest BCUT2D eigenvalue weighted by atomic mass is 15.3. The molecule has 2 fully saturated rings. The Bertz CT molecular complexity index is 799. The molecule has 1 aliphatic carbocycles. The van der Waals surface area contributed by atoms with E-state index in [9.17, 15) is 0 Å². The van der Waals surface area contributed by atoms with Crippen LogP contribution in [0, 0.1) is 30.1 Å². The fourth-order valence-corrected chi connectivity index (χ4v) is 5.10. The Kier molecular flexibility index (Phi) is 5.65. The van der Waals surface area contributed by atoms with Crippen molar-refractivity contribution in [1.29, 1.82) is 0 Å². The van der Waals surface area contributed by atoms with Crippen molar-refractivity contribution in [3.63, 3.8) is 0 Å². The summed E-state index contributed by atoms with van der Waals surface area (Å²) in [7, 11) is 1.94. The highest BCUT2D eigenvalue weighted by molar-refractivity contribution is 5.59. The Balaban J connectivity index is 1.31. The van der Waals surface area contributed by atoms with Crippen molar-refractivity contribution in [3.05, 3.63) is 23.9 Å². The van der Waals surface area contributed by atoms with Gasteiger partial charge in [-0.3, -0.25) is 4.68 Å². The van der Waals surface area contributed by atoms with Gasteiger partial charge < -0.3 is 10.2 Å². The molecule has 3 heterocycles. The van der Waals surface area contributed by atoms with Crippen LogP contribution in [-0.2, 0) is 7.05 Å². The lowest BCUT2D eigenvalue weighted by molar-refractivity contribution is 0.243. The molecule has 0 amide bonds. The van der Waals surface area contributed by atoms with Crippen molar-refractivity contribution in [2.24, 2.45) is 30.2 Å². The topological polar surface area (TPSA) is 58.9 Å². The van der Waals surface area contributed by atoms with Crippen molar-refractivity contribution >= 4 is 5.82 Å². The molecule has 158 valence electrons. The molecule has 2 aromatic rings. The first-order valence-electron chi connectivity index (χ1n) is 11.1. The molecule has 6 heteroatoms. The zero-order valence-corrected chi connectivity index (χ0v) is 18.6. The number of nitrogens with zero attached hydrogens (tertiary/aromatic N) is 5. The number of aryl methyl sites for hydroxylation is 2. The minimum Gasteiger partial charge on any atom is -0.368 e. The summed E-state index contributed by atoms with van der Waals surface area (Å²) in [6.45, 7) is 13.9. The van der Waals surface area contributed by atoms with Gasteiger partial charge in [-0.05, 0) is 73.6 Å². The SMILES string of the molecule is Cc1cnn(C)c1-c1ccc(NCC2CCC3CN(CCC(C)(C)C)CC23)nn1. The standard InChI is InChI=1S/C23H36N6/c1-16-12-25-28(5)22(16)20-8-9-21(27-26-20)24-13-17-6-7-18-14-29(15-19(17)18)11-10-23(2,3)4/h8-9,12,17-19H,6-7,10-11,13-15H2,1-5H3,(H,24,27). The first kappa shape index (κ1) is 20.3. The van der Waals surface area contributed by atoms with E-state index in [0.29, 0.717) is 5.41 Å². The maximum Gasteiger partial charge on any atom is 0.148 e. The second-order valence-electron chi connectivity index (χ2n) is 10.3. The number of aromatic nitrogens is 4. The lowest BCUT2D eigenvalue weighted by Crippen LogP contribution is -2.28. The summed E-state index contributed by atoms with van der Waals surface area (Å²) in [5.41, 5.74) is 3.46. The van der Waals surface area contributed by atoms with Crippen molar-refractivity contribution in [3.8, 4) is 11.4 Å². The number of fused-ring (bicyclic) bond motifs is 1. The van der Waals surface area contributed by atoms with Gasteiger partial charge in [0, 0.05) is 26.7 Å². The summed E-state index contributed by atoms with van der Waals surface area (Å²) in [5, 5.41) is 16.7. The molecule has 1 aliphatic heterocycles. The molecule has 4 rings (SSSR count). The largest absolute Gasteiger partial charge is 0.368 e. The average Bonchev–Trinajstić information content (AvgIpc) is 3.33. The van der Waals surface area contributed by atoms with E-state index in [1.165, 1.54) is 38.9 Å². The van der Waals surface area contributed by atoms with Gasteiger partial charge >= 0.3 is 0 Å². The van der Waals surface area contributed by atoms with E-state index >= 15 is 0 Å². The van der Waals surface area contributed by atoms with E-state index in [1.807, 2.05) is 30.1 Å². The van der Waals surface area contributed by atoms with Gasteiger partial charge in [0.2, 0.25) is 0 Å². The molecule has 1 saturated carbocycles. The summed E-state index contributed by atoms with van der Waals surface area (Å²) in [4.78, 5) is 2.71. The molecule has 2 aromatic heterocycles. The average molecular weight is 397 g/mol. The van der Waals surface area contributed by atoms with E-state index in [4.69, 9.17) is 0 Å². The lowest BCUT2D eigenvalue weighted by Gasteiger charge is -2.25. The minimum atomic E-state index is 0.428. The van der Waals surface area contributed by atoms with E-state index in [0.717, 1.165) is 47.1 Å². The van der Waals surface area contributed by atoms with Gasteiger partial charge in [-0.1, -0.05) is 20.8 Å². The molecular weight excluding hydrogens is 360 g/mol. The first-order valence-corrected chi connectivity index (χ1v) is 11.1. The predicted octanol–water partition coefficient (Wildman–Crippen LogP) is 3.99. The summed E-state index contributed by atoms with van der Waals surface area (Å²) >= 11 is 0. The Morgan fingerprint density at radius 2 is 1.97 bits per heavy atom. The minimum absolute atomic E-state index is 0.428. The van der Waals surface area contributed by atoms with Gasteiger partial charge in [0.15, 0.2) is 0 Å². The Hall–Kier alpha value is -1.95. The van der Waals surface area contributed by atoms with Crippen molar-refractivity contribution < 1.29 is 0 Å². The van der Waals surface area contributed by atoms with E-state index in [1.54, 1.807) is 0 Å². The van der Waals surface area contributed by atoms with Crippen molar-refractivity contribution in [1.82, 2.24) is 24.9 Å². The zero-order valence-electron chi connectivity index (χ0n) is 18.6. The quantitative estimate of drug-likeness (QED) is 0.800. The van der Waals surface area contributed by atoms with Crippen LogP contribution >= 0.6 is 0 Å². The second-order valence-corrected chi connectivity index (χ2v) is 10.3. The van der Waals surface area contributed by atoms with Crippen molar-refractivity contribution in [2.75, 3.05) is 31.5 Å². The van der Waals surface area contributed by atoms with Crippen LogP contribution in [0.15, 0.2) is 18.3 Å². The normalized spacial score (nSPS) is 24.8. The molecule has 2 aliphatic rings. The van der Waals surface area contributed by atoms with Crippen molar-refractivity contribution in [2.45, 2.75) is 47.0 Å². The number of nitrogens with one attached hydrogen (secondary N) is 1. The lowest BCUT2D eigenvalue weighted by atomic mass is 9.92. The van der Waals surface area contributed by atoms with Crippen LogP contribution in [0.3, 0.4) is 0 Å². The van der Waals surface area contributed by atoms with Crippen LogP contribution < -0.4 is 5.32 Å². The van der Waals surface area contributed by atoms with Crippen LogP contribution in [0.1, 0.15) is 45.6 Å². The molecule has 0 spiro atoms. The molecule has 1 N–H and O–H groups in total. The summed E-state index contributed by atoms with van der Waals surface area (Å²) in [6, 6.07) is 4.09. The van der Waals surface area contributed by atoms with Crippen LogP contribution in [-0.4, -0.2) is 51.1 Å². The molecule has 3 atom stereocenters. The third-order valence-corrected chi connectivity index (χ3v) is 6.83. The van der Waals surface area contributed by atoms with Crippen LogP contribution in [0.4, 0.5) is 5.82 Å². The smallest absolute Gasteiger partial charge is 0.148 e. The number of hydrogen-bond donors (Lipinski definition) is 1. The summed E-state index contributed by atoms with van der Waals surface area (Å²) < 4.78 is 1.86. The van der Waals surface area contributed by atoms with Crippen LogP contribution in [0.25, 0.3) is 11.4 Å². The molecule has 29 heavy (non-hydrogen) atoms. The maximum absolute atomic E-state index is 4.43. The second kappa shape index (κ2) is 8.05. The maximum atomic E-state index is 4.43. The van der Waals surface area contributed by atoms with Gasteiger partial charge in [-0.15, -0.1) is 10.2 Å². The third-order valence-electron chi connectivity index (χ3n) is 6.83. The molecule has 0 aromatic carbocycles. The molecule has 3 unspecified atom stereocenters. The van der Waals surface area contributed by atoms with Crippen LogP contribution in [0.5, 0.6) is 0 Å². The van der Waals surface area contributed by atoms with Gasteiger partial charge in [0.05, 0.1) is 11.9 Å². The van der Waals surface area contributed by atoms with E-state index in [2.05, 4.69) is 53.2 Å². The van der Waals surface area contributed by atoms with Gasteiger partial charge in [0.25, 0.3) is 0 Å². The Labute approximate surface area is 175 Å². The molecule has 6 nitrogen and oxygen atoms in total. The Morgan fingerprint density at radius 3 is 2.62 bits per heavy atom. The highest BCUT2D eigenvalue weighted by Crippen LogP contribution is 2.42. The van der Waals surface area contributed by atoms with Gasteiger partial charge in [0.1, 0.15) is 11.5 Å². The van der Waals surface area contributed by atoms with E-state index in [-0.39, 0.29) is 0 Å². The highest BCUT2D eigenvalue weighted by Gasteiger charge is 2.42. The monoisotopic (exact) mass is 396 g/mol. The molecule has 0 bridgehead atoms. The number of rotatable bonds is 6. The fourth-order valence-electron chi connectivity index (χ4n) is 5.10. The number of anilines is 1. The van der Waals surface area contributed by atoms with Gasteiger partial charge in [-0.2, -0.15) is 5.10 Å². The summed E-state index contributed by atoms with van der Waals surface area (Å²) in [6.07, 6.45) is 5.88.